The molecule has 108 valence electrons. The molecule has 3 N–H and O–H groups in total. The first-order valence-electron chi connectivity index (χ1n) is 5.61. The molecule has 1 aromatic rings. The summed E-state index contributed by atoms with van der Waals surface area (Å²) in [4.78, 5) is -0.417. The Bertz CT molecular complexity index is 529. The molecule has 0 radical (unpaired) electrons. The zero-order valence-corrected chi connectivity index (χ0v) is 11.6. The van der Waals surface area contributed by atoms with Gasteiger partial charge in [-0.1, -0.05) is 0 Å². The van der Waals surface area contributed by atoms with E-state index in [1.807, 2.05) is 0 Å². The van der Waals surface area contributed by atoms with Crippen molar-refractivity contribution in [1.29, 1.82) is 0 Å². The Morgan fingerprint density at radius 2 is 1.79 bits per heavy atom. The number of nitrogens with one attached hydrogen (secondary N) is 1. The van der Waals surface area contributed by atoms with Crippen molar-refractivity contribution in [3.05, 3.63) is 29.8 Å². The molecule has 1 saturated carbocycles. The zero-order chi connectivity index (χ0) is 13.3. The van der Waals surface area contributed by atoms with Gasteiger partial charge < -0.3 is 5.73 Å². The van der Waals surface area contributed by atoms with Gasteiger partial charge >= 0.3 is 0 Å². The molecule has 1 aliphatic carbocycles. The average Bonchev–Trinajstić information content (AvgIpc) is 3.08. The molecule has 0 aromatic heterocycles. The van der Waals surface area contributed by atoms with Gasteiger partial charge in [0.15, 0.2) is 0 Å². The Balaban J connectivity index is 0.00000180. The standard InChI is InChI=1S/C11H14F2N2O2S.ClH/c12-8-3-9(13)5-10(4-8)18(16,17)15-11(6-14)7-1-2-7;/h3-5,7,11,15H,1-2,6,14H2;1H. The summed E-state index contributed by atoms with van der Waals surface area (Å²) >= 11 is 0. The van der Waals surface area contributed by atoms with E-state index in [9.17, 15) is 17.2 Å². The Morgan fingerprint density at radius 3 is 2.21 bits per heavy atom. The third kappa shape index (κ3) is 4.10. The smallest absolute Gasteiger partial charge is 0.241 e. The first-order chi connectivity index (χ1) is 8.42. The molecule has 1 atom stereocenters. The second-order valence-electron chi connectivity index (χ2n) is 4.41. The molecule has 19 heavy (non-hydrogen) atoms. The lowest BCUT2D eigenvalue weighted by atomic mass is 10.2. The first-order valence-corrected chi connectivity index (χ1v) is 7.09. The normalized spacial score (nSPS) is 16.8. The van der Waals surface area contributed by atoms with E-state index in [0.717, 1.165) is 25.0 Å². The van der Waals surface area contributed by atoms with Gasteiger partial charge in [0, 0.05) is 18.7 Å². The van der Waals surface area contributed by atoms with E-state index in [4.69, 9.17) is 5.73 Å². The Morgan fingerprint density at radius 1 is 1.26 bits per heavy atom. The SMILES string of the molecule is Cl.NCC(NS(=O)(=O)c1cc(F)cc(F)c1)C1CC1. The van der Waals surface area contributed by atoms with Gasteiger partial charge in [0.05, 0.1) is 4.90 Å². The van der Waals surface area contributed by atoms with Crippen LogP contribution in [0.25, 0.3) is 0 Å². The number of halogens is 3. The molecule has 2 rings (SSSR count). The van der Waals surface area contributed by atoms with Gasteiger partial charge in [-0.15, -0.1) is 12.4 Å². The molecule has 8 heteroatoms. The van der Waals surface area contributed by atoms with Gasteiger partial charge in [-0.05, 0) is 30.9 Å². The monoisotopic (exact) mass is 312 g/mol. The minimum absolute atomic E-state index is 0. The molecule has 1 unspecified atom stereocenters. The summed E-state index contributed by atoms with van der Waals surface area (Å²) in [5, 5.41) is 0. The first kappa shape index (κ1) is 16.3. The van der Waals surface area contributed by atoms with Crippen molar-refractivity contribution in [3.63, 3.8) is 0 Å². The van der Waals surface area contributed by atoms with E-state index in [1.165, 1.54) is 0 Å². The Labute approximate surface area is 116 Å². The van der Waals surface area contributed by atoms with Crippen LogP contribution in [0.3, 0.4) is 0 Å². The van der Waals surface area contributed by atoms with Crippen LogP contribution in [0.15, 0.2) is 23.1 Å². The number of benzene rings is 1. The third-order valence-corrected chi connectivity index (χ3v) is 4.37. The fourth-order valence-corrected chi connectivity index (χ4v) is 3.15. The molecule has 1 aliphatic rings. The van der Waals surface area contributed by atoms with Crippen molar-refractivity contribution >= 4 is 22.4 Å². The molecular weight excluding hydrogens is 298 g/mol. The van der Waals surface area contributed by atoms with Crippen LogP contribution in [0.4, 0.5) is 8.78 Å². The van der Waals surface area contributed by atoms with Crippen molar-refractivity contribution in [1.82, 2.24) is 4.72 Å². The van der Waals surface area contributed by atoms with Gasteiger partial charge in [-0.3, -0.25) is 0 Å². The molecular formula is C11H15ClF2N2O2S. The van der Waals surface area contributed by atoms with Crippen LogP contribution in [-0.2, 0) is 10.0 Å². The minimum atomic E-state index is -3.93. The number of nitrogens with two attached hydrogens (primary N) is 1. The highest BCUT2D eigenvalue weighted by Gasteiger charge is 2.33. The highest BCUT2D eigenvalue weighted by Crippen LogP contribution is 2.32. The molecule has 0 heterocycles. The number of rotatable bonds is 5. The minimum Gasteiger partial charge on any atom is -0.329 e. The van der Waals surface area contributed by atoms with Crippen molar-refractivity contribution in [2.75, 3.05) is 6.54 Å². The van der Waals surface area contributed by atoms with E-state index in [0.29, 0.717) is 6.07 Å². The molecule has 0 spiro atoms. The summed E-state index contributed by atoms with van der Waals surface area (Å²) in [5.41, 5.74) is 5.48. The summed E-state index contributed by atoms with van der Waals surface area (Å²) in [6.45, 7) is 0.168. The lowest BCUT2D eigenvalue weighted by molar-refractivity contribution is 0.516. The quantitative estimate of drug-likeness (QED) is 0.863. The number of hydrogen-bond donors (Lipinski definition) is 2. The molecule has 1 fully saturated rings. The number of hydrogen-bond acceptors (Lipinski definition) is 3. The number of sulfonamides is 1. The van der Waals surface area contributed by atoms with Crippen LogP contribution < -0.4 is 10.5 Å². The summed E-state index contributed by atoms with van der Waals surface area (Å²) in [5.74, 6) is -1.62. The van der Waals surface area contributed by atoms with Gasteiger partial charge in [0.1, 0.15) is 11.6 Å². The van der Waals surface area contributed by atoms with Crippen molar-refractivity contribution in [2.24, 2.45) is 11.7 Å². The highest BCUT2D eigenvalue weighted by molar-refractivity contribution is 7.89. The van der Waals surface area contributed by atoms with Crippen LogP contribution in [0, 0.1) is 17.6 Å². The van der Waals surface area contributed by atoms with E-state index in [2.05, 4.69) is 4.72 Å². The largest absolute Gasteiger partial charge is 0.329 e. The summed E-state index contributed by atoms with van der Waals surface area (Å²) < 4.78 is 52.2. The second-order valence-corrected chi connectivity index (χ2v) is 6.12. The molecule has 0 aliphatic heterocycles. The zero-order valence-electron chi connectivity index (χ0n) is 9.97. The van der Waals surface area contributed by atoms with Crippen molar-refractivity contribution in [3.8, 4) is 0 Å². The van der Waals surface area contributed by atoms with Crippen LogP contribution in [0.1, 0.15) is 12.8 Å². The topological polar surface area (TPSA) is 72.2 Å². The average molecular weight is 313 g/mol. The van der Waals surface area contributed by atoms with Gasteiger partial charge in [-0.25, -0.2) is 21.9 Å². The fourth-order valence-electron chi connectivity index (χ4n) is 1.79. The van der Waals surface area contributed by atoms with E-state index < -0.39 is 26.6 Å². The molecule has 0 saturated heterocycles. The van der Waals surface area contributed by atoms with Gasteiger partial charge in [0.25, 0.3) is 0 Å². The van der Waals surface area contributed by atoms with Crippen molar-refractivity contribution < 1.29 is 17.2 Å². The van der Waals surface area contributed by atoms with Gasteiger partial charge in [0.2, 0.25) is 10.0 Å². The molecule has 0 bridgehead atoms. The van der Waals surface area contributed by atoms with Crippen LogP contribution in [0.5, 0.6) is 0 Å². The Kier molecular flexibility index (Phi) is 5.26. The maximum atomic E-state index is 13.0. The molecule has 1 aromatic carbocycles. The van der Waals surface area contributed by atoms with E-state index in [-0.39, 0.29) is 30.9 Å². The fraction of sp³-hybridized carbons (Fsp3) is 0.455. The second kappa shape index (κ2) is 6.13. The summed E-state index contributed by atoms with van der Waals surface area (Å²) in [6, 6.07) is 1.82. The summed E-state index contributed by atoms with van der Waals surface area (Å²) in [6.07, 6.45) is 1.84. The lowest BCUT2D eigenvalue weighted by Gasteiger charge is -2.16. The highest BCUT2D eigenvalue weighted by atomic mass is 35.5. The van der Waals surface area contributed by atoms with E-state index in [1.54, 1.807) is 0 Å². The van der Waals surface area contributed by atoms with Crippen LogP contribution in [0.2, 0.25) is 0 Å². The van der Waals surface area contributed by atoms with E-state index >= 15 is 0 Å². The van der Waals surface area contributed by atoms with Gasteiger partial charge in [-0.2, -0.15) is 0 Å². The Hall–Kier alpha value is -0.760. The predicted molar refractivity (Wildman–Crippen MR) is 69.5 cm³/mol. The molecule has 4 nitrogen and oxygen atoms in total. The molecule has 0 amide bonds. The van der Waals surface area contributed by atoms with Crippen molar-refractivity contribution in [2.45, 2.75) is 23.8 Å². The maximum absolute atomic E-state index is 13.0. The third-order valence-electron chi connectivity index (χ3n) is 2.90. The maximum Gasteiger partial charge on any atom is 0.241 e. The lowest BCUT2D eigenvalue weighted by Crippen LogP contribution is -2.41. The predicted octanol–water partition coefficient (Wildman–Crippen LogP) is 1.40. The van der Waals surface area contributed by atoms with Crippen LogP contribution >= 0.6 is 12.4 Å². The summed E-state index contributed by atoms with van der Waals surface area (Å²) in [7, 11) is -3.93. The van der Waals surface area contributed by atoms with Crippen LogP contribution in [-0.4, -0.2) is 21.0 Å².